The van der Waals surface area contributed by atoms with Gasteiger partial charge in [-0.1, -0.05) is 19.1 Å². The Morgan fingerprint density at radius 1 is 1.35 bits per heavy atom. The van der Waals surface area contributed by atoms with E-state index in [9.17, 15) is 8.78 Å². The lowest BCUT2D eigenvalue weighted by atomic mass is 9.67. The summed E-state index contributed by atoms with van der Waals surface area (Å²) in [4.78, 5) is 0.908. The molecule has 2 N–H and O–H groups in total. The molecule has 0 aliphatic heterocycles. The summed E-state index contributed by atoms with van der Waals surface area (Å²) < 4.78 is 24.1. The van der Waals surface area contributed by atoms with Crippen LogP contribution in [0.1, 0.15) is 24.8 Å². The summed E-state index contributed by atoms with van der Waals surface area (Å²) in [5.41, 5.74) is 7.15. The van der Waals surface area contributed by atoms with Crippen LogP contribution in [0.4, 0.5) is 8.78 Å². The van der Waals surface area contributed by atoms with Crippen molar-refractivity contribution in [3.05, 3.63) is 29.8 Å². The van der Waals surface area contributed by atoms with E-state index in [0.29, 0.717) is 17.9 Å². The van der Waals surface area contributed by atoms with Crippen molar-refractivity contribution < 1.29 is 8.78 Å². The van der Waals surface area contributed by atoms with E-state index in [2.05, 4.69) is 6.92 Å². The number of halogens is 2. The maximum atomic E-state index is 12.1. The van der Waals surface area contributed by atoms with Crippen LogP contribution >= 0.6 is 11.8 Å². The lowest BCUT2D eigenvalue weighted by molar-refractivity contribution is 0.177. The van der Waals surface area contributed by atoms with E-state index in [1.165, 1.54) is 17.3 Å². The Balaban J connectivity index is 1.94. The number of alkyl halides is 2. The first-order chi connectivity index (χ1) is 8.08. The maximum Gasteiger partial charge on any atom is 0.247 e. The number of rotatable bonds is 4. The van der Waals surface area contributed by atoms with Gasteiger partial charge in [0.2, 0.25) is 6.43 Å². The fourth-order valence-electron chi connectivity index (χ4n) is 2.24. The van der Waals surface area contributed by atoms with Crippen molar-refractivity contribution in [3.8, 4) is 0 Å². The molecular formula is C13H17F2NS. The zero-order chi connectivity index (χ0) is 12.4. The third-order valence-electron chi connectivity index (χ3n) is 3.52. The van der Waals surface area contributed by atoms with Crippen LogP contribution in [0, 0.1) is 5.92 Å². The zero-order valence-electron chi connectivity index (χ0n) is 9.77. The molecule has 3 atom stereocenters. The SMILES string of the molecule is CC1C(N)CC1c1ccc(SCC(F)F)cc1. The Kier molecular flexibility index (Phi) is 4.05. The van der Waals surface area contributed by atoms with E-state index >= 15 is 0 Å². The summed E-state index contributed by atoms with van der Waals surface area (Å²) in [5, 5.41) is 0. The number of hydrogen-bond acceptors (Lipinski definition) is 2. The minimum Gasteiger partial charge on any atom is -0.327 e. The molecule has 0 amide bonds. The highest BCUT2D eigenvalue weighted by Gasteiger charge is 2.35. The first-order valence-corrected chi connectivity index (χ1v) is 6.83. The van der Waals surface area contributed by atoms with Crippen molar-refractivity contribution in [3.63, 3.8) is 0 Å². The lowest BCUT2D eigenvalue weighted by Gasteiger charge is -2.40. The molecule has 1 saturated carbocycles. The van der Waals surface area contributed by atoms with Crippen LogP contribution in [0.25, 0.3) is 0 Å². The van der Waals surface area contributed by atoms with Gasteiger partial charge in [-0.3, -0.25) is 0 Å². The summed E-state index contributed by atoms with van der Waals surface area (Å²) in [6, 6.07) is 8.26. The quantitative estimate of drug-likeness (QED) is 0.835. The Bertz CT molecular complexity index is 366. The molecule has 94 valence electrons. The van der Waals surface area contributed by atoms with Crippen molar-refractivity contribution in [2.75, 3.05) is 5.75 Å². The van der Waals surface area contributed by atoms with Crippen molar-refractivity contribution in [1.29, 1.82) is 0 Å². The van der Waals surface area contributed by atoms with E-state index < -0.39 is 6.43 Å². The predicted octanol–water partition coefficient (Wildman–Crippen LogP) is 3.49. The third-order valence-corrected chi connectivity index (χ3v) is 4.54. The summed E-state index contributed by atoms with van der Waals surface area (Å²) in [6.45, 7) is 2.16. The summed E-state index contributed by atoms with van der Waals surface area (Å²) in [7, 11) is 0. The molecule has 0 saturated heterocycles. The van der Waals surface area contributed by atoms with Crippen LogP contribution in [0.2, 0.25) is 0 Å². The zero-order valence-corrected chi connectivity index (χ0v) is 10.6. The monoisotopic (exact) mass is 257 g/mol. The predicted molar refractivity (Wildman–Crippen MR) is 67.7 cm³/mol. The van der Waals surface area contributed by atoms with Gasteiger partial charge in [-0.05, 0) is 36.0 Å². The Hall–Kier alpha value is -0.610. The van der Waals surface area contributed by atoms with Crippen molar-refractivity contribution >= 4 is 11.8 Å². The largest absolute Gasteiger partial charge is 0.327 e. The lowest BCUT2D eigenvalue weighted by Crippen LogP contribution is -2.44. The van der Waals surface area contributed by atoms with E-state index in [1.54, 1.807) is 0 Å². The second kappa shape index (κ2) is 5.36. The Morgan fingerprint density at radius 2 is 2.00 bits per heavy atom. The molecule has 1 nitrogen and oxygen atoms in total. The molecular weight excluding hydrogens is 240 g/mol. The van der Waals surface area contributed by atoms with Gasteiger partial charge in [0.1, 0.15) is 0 Å². The third kappa shape index (κ3) is 2.99. The van der Waals surface area contributed by atoms with Gasteiger partial charge in [-0.15, -0.1) is 11.8 Å². The Morgan fingerprint density at radius 3 is 2.47 bits per heavy atom. The first kappa shape index (κ1) is 12.8. The topological polar surface area (TPSA) is 26.0 Å². The van der Waals surface area contributed by atoms with Gasteiger partial charge in [0.05, 0.1) is 5.75 Å². The van der Waals surface area contributed by atoms with Crippen molar-refractivity contribution in [2.24, 2.45) is 11.7 Å². The normalized spacial score (nSPS) is 28.2. The molecule has 0 spiro atoms. The molecule has 1 aliphatic rings. The highest BCUT2D eigenvalue weighted by molar-refractivity contribution is 7.99. The smallest absolute Gasteiger partial charge is 0.247 e. The highest BCUT2D eigenvalue weighted by Crippen LogP contribution is 2.41. The molecule has 4 heteroatoms. The van der Waals surface area contributed by atoms with Crippen molar-refractivity contribution in [1.82, 2.24) is 0 Å². The summed E-state index contributed by atoms with van der Waals surface area (Å²) in [5.74, 6) is 0.929. The molecule has 0 aromatic heterocycles. The van der Waals surface area contributed by atoms with E-state index in [0.717, 1.165) is 11.3 Å². The van der Waals surface area contributed by atoms with Crippen LogP contribution < -0.4 is 5.73 Å². The molecule has 0 heterocycles. The minimum absolute atomic E-state index is 0.135. The molecule has 3 unspecified atom stereocenters. The number of nitrogens with two attached hydrogens (primary N) is 1. The second-order valence-corrected chi connectivity index (χ2v) is 5.73. The highest BCUT2D eigenvalue weighted by atomic mass is 32.2. The average Bonchev–Trinajstić information content (AvgIpc) is 2.33. The standard InChI is InChI=1S/C13H17F2NS/c1-8-11(6-12(8)16)9-2-4-10(5-3-9)17-7-13(14)15/h2-5,8,11-13H,6-7,16H2,1H3. The van der Waals surface area contributed by atoms with E-state index in [-0.39, 0.29) is 5.75 Å². The second-order valence-electron chi connectivity index (χ2n) is 4.64. The van der Waals surface area contributed by atoms with E-state index in [1.807, 2.05) is 24.3 Å². The van der Waals surface area contributed by atoms with Gasteiger partial charge in [-0.25, -0.2) is 8.78 Å². The molecule has 1 aliphatic carbocycles. The number of hydrogen-bond donors (Lipinski definition) is 1. The number of benzene rings is 1. The minimum atomic E-state index is -2.25. The van der Waals surface area contributed by atoms with Gasteiger partial charge in [0.25, 0.3) is 0 Å². The molecule has 0 radical (unpaired) electrons. The molecule has 17 heavy (non-hydrogen) atoms. The molecule has 0 bridgehead atoms. The van der Waals surface area contributed by atoms with Gasteiger partial charge in [-0.2, -0.15) is 0 Å². The maximum absolute atomic E-state index is 12.1. The molecule has 1 aromatic carbocycles. The fourth-order valence-corrected chi connectivity index (χ4v) is 2.88. The van der Waals surface area contributed by atoms with Gasteiger partial charge >= 0.3 is 0 Å². The number of thioether (sulfide) groups is 1. The molecule has 1 fully saturated rings. The Labute approximate surface area is 105 Å². The van der Waals surface area contributed by atoms with E-state index in [4.69, 9.17) is 5.73 Å². The molecule has 1 aromatic rings. The van der Waals surface area contributed by atoms with Crippen LogP contribution in [-0.2, 0) is 0 Å². The van der Waals surface area contributed by atoms with Gasteiger partial charge in [0, 0.05) is 10.9 Å². The van der Waals surface area contributed by atoms with Crippen LogP contribution in [-0.4, -0.2) is 18.2 Å². The van der Waals surface area contributed by atoms with Crippen LogP contribution in [0.3, 0.4) is 0 Å². The van der Waals surface area contributed by atoms with Crippen LogP contribution in [0.15, 0.2) is 29.2 Å². The molecule has 2 rings (SSSR count). The fraction of sp³-hybridized carbons (Fsp3) is 0.538. The van der Waals surface area contributed by atoms with Gasteiger partial charge in [0.15, 0.2) is 0 Å². The van der Waals surface area contributed by atoms with Crippen molar-refractivity contribution in [2.45, 2.75) is 36.6 Å². The first-order valence-electron chi connectivity index (χ1n) is 5.84. The van der Waals surface area contributed by atoms with Crippen LogP contribution in [0.5, 0.6) is 0 Å². The summed E-state index contributed by atoms with van der Waals surface area (Å²) in [6.07, 6.45) is -1.21. The van der Waals surface area contributed by atoms with Gasteiger partial charge < -0.3 is 5.73 Å². The summed E-state index contributed by atoms with van der Waals surface area (Å²) >= 11 is 1.20. The average molecular weight is 257 g/mol.